The van der Waals surface area contributed by atoms with Crippen LogP contribution in [-0.2, 0) is 16.1 Å². The fraction of sp³-hybridized carbons (Fsp3) is 0.545. The SMILES string of the molecule is O=C(CCCl)Nc1cnn(CC(=O)NC2CC2)c1. The molecule has 1 heterocycles. The molecule has 2 amide bonds. The Hall–Kier alpha value is -1.56. The normalized spacial score (nSPS) is 14.3. The highest BCUT2D eigenvalue weighted by molar-refractivity contribution is 6.19. The van der Waals surface area contributed by atoms with Crippen molar-refractivity contribution >= 4 is 29.1 Å². The third-order valence-electron chi connectivity index (χ3n) is 2.49. The van der Waals surface area contributed by atoms with Gasteiger partial charge in [0.05, 0.1) is 11.9 Å². The van der Waals surface area contributed by atoms with E-state index in [1.807, 2.05) is 0 Å². The number of aromatic nitrogens is 2. The molecule has 98 valence electrons. The standard InChI is InChI=1S/C11H15ClN4O2/c12-4-3-10(17)15-9-5-13-16(6-9)7-11(18)14-8-1-2-8/h5-6,8H,1-4,7H2,(H,14,18)(H,15,17). The lowest BCUT2D eigenvalue weighted by Crippen LogP contribution is -2.29. The molecule has 18 heavy (non-hydrogen) atoms. The second-order valence-electron chi connectivity index (χ2n) is 4.26. The number of carbonyl (C=O) groups excluding carboxylic acids is 2. The Morgan fingerprint density at radius 1 is 1.44 bits per heavy atom. The zero-order valence-electron chi connectivity index (χ0n) is 9.86. The van der Waals surface area contributed by atoms with Crippen LogP contribution in [0, 0.1) is 0 Å². The van der Waals surface area contributed by atoms with E-state index < -0.39 is 0 Å². The van der Waals surface area contributed by atoms with Gasteiger partial charge in [-0.25, -0.2) is 0 Å². The molecule has 7 heteroatoms. The Morgan fingerprint density at radius 2 is 2.22 bits per heavy atom. The van der Waals surface area contributed by atoms with Crippen LogP contribution in [0.2, 0.25) is 0 Å². The number of nitrogens with one attached hydrogen (secondary N) is 2. The molecular formula is C11H15ClN4O2. The van der Waals surface area contributed by atoms with Gasteiger partial charge in [0.15, 0.2) is 0 Å². The minimum Gasteiger partial charge on any atom is -0.352 e. The molecule has 1 aliphatic carbocycles. The lowest BCUT2D eigenvalue weighted by atomic mass is 10.4. The van der Waals surface area contributed by atoms with Gasteiger partial charge in [-0.1, -0.05) is 0 Å². The van der Waals surface area contributed by atoms with Gasteiger partial charge >= 0.3 is 0 Å². The quantitative estimate of drug-likeness (QED) is 0.748. The summed E-state index contributed by atoms with van der Waals surface area (Å²) >= 11 is 5.46. The van der Waals surface area contributed by atoms with E-state index in [4.69, 9.17) is 11.6 Å². The number of alkyl halides is 1. The average molecular weight is 271 g/mol. The molecule has 1 aliphatic rings. The molecule has 1 saturated carbocycles. The predicted octanol–water partition coefficient (Wildman–Crippen LogP) is 0.729. The van der Waals surface area contributed by atoms with E-state index in [1.165, 1.54) is 10.9 Å². The van der Waals surface area contributed by atoms with Crippen LogP contribution in [0.1, 0.15) is 19.3 Å². The largest absolute Gasteiger partial charge is 0.352 e. The van der Waals surface area contributed by atoms with Gasteiger partial charge in [-0.2, -0.15) is 5.10 Å². The number of anilines is 1. The van der Waals surface area contributed by atoms with Crippen LogP contribution in [0.3, 0.4) is 0 Å². The third-order valence-corrected chi connectivity index (χ3v) is 2.68. The highest BCUT2D eigenvalue weighted by atomic mass is 35.5. The molecule has 0 radical (unpaired) electrons. The Bertz CT molecular complexity index is 442. The van der Waals surface area contributed by atoms with E-state index in [2.05, 4.69) is 15.7 Å². The first-order valence-electron chi connectivity index (χ1n) is 5.85. The fourth-order valence-electron chi connectivity index (χ4n) is 1.47. The molecule has 2 N–H and O–H groups in total. The first-order valence-corrected chi connectivity index (χ1v) is 6.38. The van der Waals surface area contributed by atoms with E-state index in [0.29, 0.717) is 11.7 Å². The average Bonchev–Trinajstić information content (AvgIpc) is 3.00. The van der Waals surface area contributed by atoms with Crippen LogP contribution in [-0.4, -0.2) is 33.5 Å². The molecule has 1 aromatic heterocycles. The molecular weight excluding hydrogens is 256 g/mol. The minimum absolute atomic E-state index is 0.0563. The van der Waals surface area contributed by atoms with E-state index in [1.54, 1.807) is 6.20 Å². The van der Waals surface area contributed by atoms with Gasteiger partial charge in [0, 0.05) is 24.5 Å². The summed E-state index contributed by atoms with van der Waals surface area (Å²) in [5, 5.41) is 9.52. The Morgan fingerprint density at radius 3 is 2.89 bits per heavy atom. The minimum atomic E-state index is -0.160. The smallest absolute Gasteiger partial charge is 0.241 e. The molecule has 0 aliphatic heterocycles. The number of rotatable bonds is 6. The fourth-order valence-corrected chi connectivity index (χ4v) is 1.64. The van der Waals surface area contributed by atoms with Gasteiger partial charge in [-0.05, 0) is 12.8 Å². The summed E-state index contributed by atoms with van der Waals surface area (Å²) in [4.78, 5) is 22.8. The number of hydrogen-bond donors (Lipinski definition) is 2. The maximum atomic E-state index is 11.5. The van der Waals surface area contributed by atoms with Crippen LogP contribution in [0.5, 0.6) is 0 Å². The van der Waals surface area contributed by atoms with Crippen molar-refractivity contribution in [3.63, 3.8) is 0 Å². The summed E-state index contributed by atoms with van der Waals surface area (Å²) in [6.45, 7) is 0.169. The summed E-state index contributed by atoms with van der Waals surface area (Å²) in [5.41, 5.74) is 0.573. The van der Waals surface area contributed by atoms with Crippen molar-refractivity contribution in [1.29, 1.82) is 0 Å². The van der Waals surface area contributed by atoms with E-state index in [-0.39, 0.29) is 30.7 Å². The van der Waals surface area contributed by atoms with Crippen LogP contribution in [0.25, 0.3) is 0 Å². The number of halogens is 1. The zero-order valence-corrected chi connectivity index (χ0v) is 10.6. The molecule has 0 bridgehead atoms. The Kier molecular flexibility index (Phi) is 4.19. The van der Waals surface area contributed by atoms with Crippen molar-refractivity contribution in [3.05, 3.63) is 12.4 Å². The molecule has 0 atom stereocenters. The number of carbonyl (C=O) groups is 2. The monoisotopic (exact) mass is 270 g/mol. The van der Waals surface area contributed by atoms with E-state index in [9.17, 15) is 9.59 Å². The molecule has 1 fully saturated rings. The van der Waals surface area contributed by atoms with E-state index >= 15 is 0 Å². The first-order chi connectivity index (χ1) is 8.67. The number of amides is 2. The zero-order chi connectivity index (χ0) is 13.0. The lowest BCUT2D eigenvalue weighted by molar-refractivity contribution is -0.122. The summed E-state index contributed by atoms with van der Waals surface area (Å²) in [6, 6.07) is 0.343. The van der Waals surface area contributed by atoms with Crippen molar-refractivity contribution in [2.24, 2.45) is 0 Å². The maximum Gasteiger partial charge on any atom is 0.241 e. The molecule has 0 unspecified atom stereocenters. The first kappa shape index (κ1) is 12.9. The number of nitrogens with zero attached hydrogens (tertiary/aromatic N) is 2. The Balaban J connectivity index is 1.81. The van der Waals surface area contributed by atoms with Gasteiger partial charge in [-0.3, -0.25) is 14.3 Å². The Labute approximate surface area is 110 Å². The second kappa shape index (κ2) is 5.86. The summed E-state index contributed by atoms with van der Waals surface area (Å²) in [6.07, 6.45) is 5.51. The summed E-state index contributed by atoms with van der Waals surface area (Å²) < 4.78 is 1.49. The maximum absolute atomic E-state index is 11.5. The van der Waals surface area contributed by atoms with Gasteiger partial charge in [0.25, 0.3) is 0 Å². The van der Waals surface area contributed by atoms with Crippen molar-refractivity contribution in [2.45, 2.75) is 31.8 Å². The molecule has 2 rings (SSSR count). The highest BCUT2D eigenvalue weighted by Gasteiger charge is 2.23. The van der Waals surface area contributed by atoms with Crippen molar-refractivity contribution in [1.82, 2.24) is 15.1 Å². The lowest BCUT2D eigenvalue weighted by Gasteiger charge is -2.02. The molecule has 0 aromatic carbocycles. The summed E-state index contributed by atoms with van der Waals surface area (Å²) in [5.74, 6) is 0.0650. The highest BCUT2D eigenvalue weighted by Crippen LogP contribution is 2.18. The molecule has 0 spiro atoms. The van der Waals surface area contributed by atoms with Gasteiger partial charge < -0.3 is 10.6 Å². The van der Waals surface area contributed by atoms with Crippen LogP contribution >= 0.6 is 11.6 Å². The summed E-state index contributed by atoms with van der Waals surface area (Å²) in [7, 11) is 0. The molecule has 0 saturated heterocycles. The molecule has 1 aromatic rings. The van der Waals surface area contributed by atoms with E-state index in [0.717, 1.165) is 12.8 Å². The van der Waals surface area contributed by atoms with Gasteiger partial charge in [0.1, 0.15) is 6.54 Å². The van der Waals surface area contributed by atoms with Crippen molar-refractivity contribution in [3.8, 4) is 0 Å². The van der Waals surface area contributed by atoms with Crippen LogP contribution in [0.15, 0.2) is 12.4 Å². The number of hydrogen-bond acceptors (Lipinski definition) is 3. The van der Waals surface area contributed by atoms with Crippen LogP contribution in [0.4, 0.5) is 5.69 Å². The second-order valence-corrected chi connectivity index (χ2v) is 4.63. The topological polar surface area (TPSA) is 76.0 Å². The van der Waals surface area contributed by atoms with Gasteiger partial charge in [0.2, 0.25) is 11.8 Å². The van der Waals surface area contributed by atoms with Crippen LogP contribution < -0.4 is 10.6 Å². The molecule has 6 nitrogen and oxygen atoms in total. The van der Waals surface area contributed by atoms with Crippen molar-refractivity contribution < 1.29 is 9.59 Å². The third kappa shape index (κ3) is 4.03. The van der Waals surface area contributed by atoms with Crippen molar-refractivity contribution in [2.75, 3.05) is 11.2 Å². The predicted molar refractivity (Wildman–Crippen MR) is 67.4 cm³/mol. The van der Waals surface area contributed by atoms with Gasteiger partial charge in [-0.15, -0.1) is 11.6 Å².